The van der Waals surface area contributed by atoms with Gasteiger partial charge in [-0.1, -0.05) is 32.0 Å². The normalized spacial score (nSPS) is 13.2. The Hall–Kier alpha value is -2.69. The Morgan fingerprint density at radius 2 is 1.78 bits per heavy atom. The van der Waals surface area contributed by atoms with Gasteiger partial charge in [-0.25, -0.2) is 0 Å². The number of fused-ring (bicyclic) bond motifs is 1. The number of aryl methyl sites for hydroxylation is 1. The van der Waals surface area contributed by atoms with Crippen molar-refractivity contribution in [1.29, 1.82) is 0 Å². The number of rotatable bonds is 6. The van der Waals surface area contributed by atoms with Crippen LogP contribution in [0.2, 0.25) is 0 Å². The van der Waals surface area contributed by atoms with Crippen LogP contribution < -0.4 is 4.90 Å². The number of carbonyl (C=O) groups excluding carboxylic acids is 2. The number of carbonyl (C=O) groups is 2. The van der Waals surface area contributed by atoms with E-state index in [-0.39, 0.29) is 11.8 Å². The molecule has 0 atom stereocenters. The van der Waals surface area contributed by atoms with Gasteiger partial charge in [-0.3, -0.25) is 14.6 Å². The summed E-state index contributed by atoms with van der Waals surface area (Å²) < 4.78 is 0. The summed E-state index contributed by atoms with van der Waals surface area (Å²) in [4.78, 5) is 33.8. The molecule has 142 valence electrons. The monoisotopic (exact) mass is 365 g/mol. The van der Waals surface area contributed by atoms with Crippen LogP contribution in [-0.2, 0) is 6.42 Å². The minimum atomic E-state index is -0.0955. The molecule has 0 aliphatic carbocycles. The number of para-hydroxylation sites is 1. The number of pyridine rings is 1. The standard InChI is InChI=1S/C22H27N3O2/c1-3-11-24(12-4-2)21(26)18-14-19(16-23-15-18)22(27)25-13-7-9-17-8-5-6-10-20(17)25/h5-6,8,10,14-16H,3-4,7,9,11-13H2,1-2H3. The molecule has 5 heteroatoms. The number of benzene rings is 1. The van der Waals surface area contributed by atoms with Crippen LogP contribution in [-0.4, -0.2) is 41.3 Å². The topological polar surface area (TPSA) is 53.5 Å². The molecule has 0 saturated carbocycles. The van der Waals surface area contributed by atoms with Crippen molar-refractivity contribution in [2.75, 3.05) is 24.5 Å². The van der Waals surface area contributed by atoms with E-state index < -0.39 is 0 Å². The van der Waals surface area contributed by atoms with E-state index >= 15 is 0 Å². The maximum absolute atomic E-state index is 13.1. The average Bonchev–Trinajstić information content (AvgIpc) is 2.72. The lowest BCUT2D eigenvalue weighted by molar-refractivity contribution is 0.0755. The van der Waals surface area contributed by atoms with Crippen molar-refractivity contribution in [2.45, 2.75) is 39.5 Å². The lowest BCUT2D eigenvalue weighted by Crippen LogP contribution is -2.36. The molecule has 0 radical (unpaired) electrons. The molecule has 0 bridgehead atoms. The van der Waals surface area contributed by atoms with Gasteiger partial charge in [-0.2, -0.15) is 0 Å². The van der Waals surface area contributed by atoms with Gasteiger partial charge in [0.15, 0.2) is 0 Å². The highest BCUT2D eigenvalue weighted by molar-refractivity contribution is 6.08. The van der Waals surface area contributed by atoms with Gasteiger partial charge in [0.1, 0.15) is 0 Å². The van der Waals surface area contributed by atoms with Gasteiger partial charge in [0.05, 0.1) is 11.1 Å². The second-order valence-corrected chi connectivity index (χ2v) is 6.94. The van der Waals surface area contributed by atoms with Crippen molar-refractivity contribution in [3.63, 3.8) is 0 Å². The fourth-order valence-electron chi connectivity index (χ4n) is 3.61. The molecule has 5 nitrogen and oxygen atoms in total. The maximum atomic E-state index is 13.1. The van der Waals surface area contributed by atoms with Crippen LogP contribution in [0.15, 0.2) is 42.7 Å². The van der Waals surface area contributed by atoms with Crippen LogP contribution in [0.5, 0.6) is 0 Å². The number of nitrogens with zero attached hydrogens (tertiary/aromatic N) is 3. The highest BCUT2D eigenvalue weighted by Crippen LogP contribution is 2.28. The van der Waals surface area contributed by atoms with Crippen molar-refractivity contribution < 1.29 is 9.59 Å². The molecule has 3 rings (SSSR count). The van der Waals surface area contributed by atoms with Gasteiger partial charge in [0, 0.05) is 37.7 Å². The Labute approximate surface area is 161 Å². The molecule has 1 aliphatic rings. The van der Waals surface area contributed by atoms with Crippen LogP contribution in [0.3, 0.4) is 0 Å². The predicted molar refractivity (Wildman–Crippen MR) is 107 cm³/mol. The molecule has 0 fully saturated rings. The molecule has 0 saturated heterocycles. The van der Waals surface area contributed by atoms with Crippen molar-refractivity contribution in [2.24, 2.45) is 0 Å². The van der Waals surface area contributed by atoms with Gasteiger partial charge >= 0.3 is 0 Å². The Morgan fingerprint density at radius 1 is 1.07 bits per heavy atom. The van der Waals surface area contributed by atoms with E-state index in [0.717, 1.165) is 31.4 Å². The second-order valence-electron chi connectivity index (χ2n) is 6.94. The van der Waals surface area contributed by atoms with E-state index in [1.165, 1.54) is 5.56 Å². The minimum absolute atomic E-state index is 0.0557. The zero-order valence-corrected chi connectivity index (χ0v) is 16.1. The van der Waals surface area contributed by atoms with Crippen molar-refractivity contribution in [3.8, 4) is 0 Å². The van der Waals surface area contributed by atoms with Crippen molar-refractivity contribution in [1.82, 2.24) is 9.88 Å². The molecular formula is C22H27N3O2. The van der Waals surface area contributed by atoms with E-state index in [0.29, 0.717) is 30.8 Å². The maximum Gasteiger partial charge on any atom is 0.259 e. The summed E-state index contributed by atoms with van der Waals surface area (Å²) in [5.41, 5.74) is 3.09. The quantitative estimate of drug-likeness (QED) is 0.779. The van der Waals surface area contributed by atoms with E-state index in [9.17, 15) is 9.59 Å². The number of hydrogen-bond donors (Lipinski definition) is 0. The Balaban J connectivity index is 1.85. The molecule has 0 unspecified atom stereocenters. The van der Waals surface area contributed by atoms with E-state index in [1.807, 2.05) is 23.1 Å². The largest absolute Gasteiger partial charge is 0.339 e. The summed E-state index contributed by atoms with van der Waals surface area (Å²) >= 11 is 0. The molecule has 0 N–H and O–H groups in total. The Bertz CT molecular complexity index is 813. The highest BCUT2D eigenvalue weighted by Gasteiger charge is 2.24. The first-order valence-corrected chi connectivity index (χ1v) is 9.79. The van der Waals surface area contributed by atoms with Crippen molar-refractivity contribution >= 4 is 17.5 Å². The minimum Gasteiger partial charge on any atom is -0.339 e. The first-order chi connectivity index (χ1) is 13.2. The predicted octanol–water partition coefficient (Wildman–Crippen LogP) is 3.94. The van der Waals surface area contributed by atoms with Crippen LogP contribution in [0.1, 0.15) is 59.4 Å². The number of anilines is 1. The fourth-order valence-corrected chi connectivity index (χ4v) is 3.61. The summed E-state index contributed by atoms with van der Waals surface area (Å²) in [5, 5.41) is 0. The third-order valence-electron chi connectivity index (χ3n) is 4.86. The van der Waals surface area contributed by atoms with Crippen LogP contribution in [0.25, 0.3) is 0 Å². The lowest BCUT2D eigenvalue weighted by Gasteiger charge is -2.29. The lowest BCUT2D eigenvalue weighted by atomic mass is 10.0. The zero-order valence-electron chi connectivity index (χ0n) is 16.1. The smallest absolute Gasteiger partial charge is 0.259 e. The summed E-state index contributed by atoms with van der Waals surface area (Å²) in [5.74, 6) is -0.151. The third kappa shape index (κ3) is 4.18. The fraction of sp³-hybridized carbons (Fsp3) is 0.409. The molecule has 1 aliphatic heterocycles. The van der Waals surface area contributed by atoms with Gasteiger partial charge < -0.3 is 9.80 Å². The van der Waals surface area contributed by atoms with Crippen LogP contribution >= 0.6 is 0 Å². The molecule has 2 heterocycles. The van der Waals surface area contributed by atoms with Gasteiger partial charge in [0.2, 0.25) is 0 Å². The molecule has 0 spiro atoms. The molecule has 2 aromatic rings. The second kappa shape index (κ2) is 8.80. The summed E-state index contributed by atoms with van der Waals surface area (Å²) in [6.07, 6.45) is 6.85. The average molecular weight is 365 g/mol. The molecule has 27 heavy (non-hydrogen) atoms. The summed E-state index contributed by atoms with van der Waals surface area (Å²) in [6.45, 7) is 6.23. The van der Waals surface area contributed by atoms with Crippen LogP contribution in [0, 0.1) is 0 Å². The molecule has 1 aromatic carbocycles. The van der Waals surface area contributed by atoms with Gasteiger partial charge in [-0.15, -0.1) is 0 Å². The van der Waals surface area contributed by atoms with Gasteiger partial charge in [-0.05, 0) is 43.4 Å². The number of hydrogen-bond acceptors (Lipinski definition) is 3. The first kappa shape index (κ1) is 19.1. The van der Waals surface area contributed by atoms with Crippen LogP contribution in [0.4, 0.5) is 5.69 Å². The summed E-state index contributed by atoms with van der Waals surface area (Å²) in [6, 6.07) is 9.70. The molecular weight excluding hydrogens is 338 g/mol. The summed E-state index contributed by atoms with van der Waals surface area (Å²) in [7, 11) is 0. The first-order valence-electron chi connectivity index (χ1n) is 9.79. The van der Waals surface area contributed by atoms with E-state index in [1.54, 1.807) is 23.4 Å². The van der Waals surface area contributed by atoms with Crippen molar-refractivity contribution in [3.05, 3.63) is 59.4 Å². The van der Waals surface area contributed by atoms with E-state index in [4.69, 9.17) is 0 Å². The third-order valence-corrected chi connectivity index (χ3v) is 4.86. The SMILES string of the molecule is CCCN(CCC)C(=O)c1cncc(C(=O)N2CCCc3ccccc32)c1. The molecule has 1 aromatic heterocycles. The molecule has 2 amide bonds. The highest BCUT2D eigenvalue weighted by atomic mass is 16.2. The Kier molecular flexibility index (Phi) is 6.22. The Morgan fingerprint density at radius 3 is 2.52 bits per heavy atom. The van der Waals surface area contributed by atoms with Gasteiger partial charge in [0.25, 0.3) is 11.8 Å². The van der Waals surface area contributed by atoms with E-state index in [2.05, 4.69) is 24.9 Å². The number of amides is 2. The number of aromatic nitrogens is 1. The zero-order chi connectivity index (χ0) is 19.2.